The number of aryl methyl sites for hydroxylation is 1. The van der Waals surface area contributed by atoms with Crippen LogP contribution in [-0.4, -0.2) is 5.11 Å². The zero-order valence-electron chi connectivity index (χ0n) is 10.6. The lowest BCUT2D eigenvalue weighted by atomic mass is 9.94. The number of aliphatic hydroxyl groups excluding tert-OH is 1. The molecule has 0 bridgehead atoms. The summed E-state index contributed by atoms with van der Waals surface area (Å²) in [4.78, 5) is 0. The molecular formula is C16H15FO2. The molecule has 3 rings (SSSR count). The second-order valence-electron chi connectivity index (χ2n) is 4.95. The van der Waals surface area contributed by atoms with Crippen molar-refractivity contribution in [2.75, 3.05) is 0 Å². The SMILES string of the molecule is Cc1cccc(C2CC(O)c3ccc(F)cc3O2)c1. The molecule has 0 fully saturated rings. The van der Waals surface area contributed by atoms with Gasteiger partial charge < -0.3 is 9.84 Å². The van der Waals surface area contributed by atoms with Gasteiger partial charge in [-0.25, -0.2) is 4.39 Å². The third-order valence-electron chi connectivity index (χ3n) is 3.46. The Balaban J connectivity index is 1.96. The molecule has 0 radical (unpaired) electrons. The van der Waals surface area contributed by atoms with Crippen LogP contribution in [0.5, 0.6) is 5.75 Å². The lowest BCUT2D eigenvalue weighted by molar-refractivity contribution is 0.0653. The van der Waals surface area contributed by atoms with Crippen molar-refractivity contribution in [2.24, 2.45) is 0 Å². The van der Waals surface area contributed by atoms with Gasteiger partial charge in [-0.05, 0) is 24.6 Å². The summed E-state index contributed by atoms with van der Waals surface area (Å²) in [6.45, 7) is 2.01. The number of aliphatic hydroxyl groups is 1. The van der Waals surface area contributed by atoms with E-state index >= 15 is 0 Å². The maximum atomic E-state index is 13.3. The number of rotatable bonds is 1. The fourth-order valence-electron chi connectivity index (χ4n) is 2.49. The molecule has 1 aliphatic rings. The minimum Gasteiger partial charge on any atom is -0.485 e. The minimum atomic E-state index is -0.616. The van der Waals surface area contributed by atoms with E-state index < -0.39 is 6.10 Å². The summed E-state index contributed by atoms with van der Waals surface area (Å²) in [6.07, 6.45) is -0.360. The molecular weight excluding hydrogens is 243 g/mol. The Morgan fingerprint density at radius 2 is 2.05 bits per heavy atom. The van der Waals surface area contributed by atoms with Crippen LogP contribution in [0.25, 0.3) is 0 Å². The van der Waals surface area contributed by atoms with Gasteiger partial charge in [-0.3, -0.25) is 0 Å². The first-order chi connectivity index (χ1) is 9.13. The Bertz CT molecular complexity index is 609. The van der Waals surface area contributed by atoms with Gasteiger partial charge >= 0.3 is 0 Å². The molecule has 2 unspecified atom stereocenters. The van der Waals surface area contributed by atoms with Crippen LogP contribution < -0.4 is 4.74 Å². The zero-order chi connectivity index (χ0) is 13.4. The van der Waals surface area contributed by atoms with Crippen molar-refractivity contribution >= 4 is 0 Å². The molecule has 2 aromatic rings. The topological polar surface area (TPSA) is 29.5 Å². The molecule has 19 heavy (non-hydrogen) atoms. The predicted octanol–water partition coefficient (Wildman–Crippen LogP) is 3.69. The normalized spacial score (nSPS) is 21.6. The monoisotopic (exact) mass is 258 g/mol. The van der Waals surface area contributed by atoms with Crippen LogP contribution in [0.4, 0.5) is 4.39 Å². The summed E-state index contributed by atoms with van der Waals surface area (Å²) in [7, 11) is 0. The summed E-state index contributed by atoms with van der Waals surface area (Å²) in [6, 6.07) is 12.2. The summed E-state index contributed by atoms with van der Waals surface area (Å²) in [5.41, 5.74) is 2.81. The average molecular weight is 258 g/mol. The molecule has 0 aliphatic carbocycles. The fraction of sp³-hybridized carbons (Fsp3) is 0.250. The highest BCUT2D eigenvalue weighted by atomic mass is 19.1. The van der Waals surface area contributed by atoms with Crippen molar-refractivity contribution < 1.29 is 14.2 Å². The summed E-state index contributed by atoms with van der Waals surface area (Å²) in [5.74, 6) is 0.0844. The Hall–Kier alpha value is -1.87. The second kappa shape index (κ2) is 4.67. The zero-order valence-corrected chi connectivity index (χ0v) is 10.6. The largest absolute Gasteiger partial charge is 0.485 e. The first-order valence-electron chi connectivity index (χ1n) is 6.34. The number of hydrogen-bond acceptors (Lipinski definition) is 2. The Labute approximate surface area is 111 Å². The smallest absolute Gasteiger partial charge is 0.128 e. The van der Waals surface area contributed by atoms with Crippen LogP contribution >= 0.6 is 0 Å². The van der Waals surface area contributed by atoms with Crippen LogP contribution in [0.1, 0.15) is 35.3 Å². The van der Waals surface area contributed by atoms with E-state index in [0.29, 0.717) is 17.7 Å². The van der Waals surface area contributed by atoms with E-state index in [1.165, 1.54) is 12.1 Å². The van der Waals surface area contributed by atoms with Gasteiger partial charge in [0, 0.05) is 18.1 Å². The van der Waals surface area contributed by atoms with E-state index in [1.807, 2.05) is 31.2 Å². The van der Waals surface area contributed by atoms with E-state index in [-0.39, 0.29) is 11.9 Å². The molecule has 2 atom stereocenters. The van der Waals surface area contributed by atoms with E-state index in [0.717, 1.165) is 11.1 Å². The molecule has 3 heteroatoms. The van der Waals surface area contributed by atoms with E-state index in [9.17, 15) is 9.50 Å². The Morgan fingerprint density at radius 3 is 2.84 bits per heavy atom. The van der Waals surface area contributed by atoms with Gasteiger partial charge in [-0.1, -0.05) is 29.8 Å². The number of fused-ring (bicyclic) bond motifs is 1. The van der Waals surface area contributed by atoms with Crippen LogP contribution in [-0.2, 0) is 0 Å². The lowest BCUT2D eigenvalue weighted by Crippen LogP contribution is -2.19. The molecule has 1 N–H and O–H groups in total. The average Bonchev–Trinajstić information content (AvgIpc) is 2.38. The summed E-state index contributed by atoms with van der Waals surface area (Å²) >= 11 is 0. The Kier molecular flexibility index (Phi) is 2.99. The number of ether oxygens (including phenoxy) is 1. The summed E-state index contributed by atoms with van der Waals surface area (Å²) in [5, 5.41) is 10.2. The molecule has 0 aromatic heterocycles. The highest BCUT2D eigenvalue weighted by molar-refractivity contribution is 5.39. The summed E-state index contributed by atoms with van der Waals surface area (Å²) < 4.78 is 19.1. The first-order valence-corrected chi connectivity index (χ1v) is 6.34. The number of halogens is 1. The number of benzene rings is 2. The van der Waals surface area contributed by atoms with Crippen molar-refractivity contribution in [2.45, 2.75) is 25.6 Å². The minimum absolute atomic E-state index is 0.232. The Morgan fingerprint density at radius 1 is 1.21 bits per heavy atom. The molecule has 1 aliphatic heterocycles. The third-order valence-corrected chi connectivity index (χ3v) is 3.46. The maximum Gasteiger partial charge on any atom is 0.128 e. The molecule has 2 nitrogen and oxygen atoms in total. The lowest BCUT2D eigenvalue weighted by Gasteiger charge is -2.30. The van der Waals surface area contributed by atoms with Gasteiger partial charge in [0.1, 0.15) is 17.7 Å². The second-order valence-corrected chi connectivity index (χ2v) is 4.95. The van der Waals surface area contributed by atoms with Crippen molar-refractivity contribution in [1.82, 2.24) is 0 Å². The molecule has 98 valence electrons. The van der Waals surface area contributed by atoms with Crippen molar-refractivity contribution in [3.8, 4) is 5.75 Å². The molecule has 0 spiro atoms. The molecule has 1 heterocycles. The van der Waals surface area contributed by atoms with Crippen molar-refractivity contribution in [3.05, 3.63) is 65.0 Å². The molecule has 0 amide bonds. The van der Waals surface area contributed by atoms with Crippen LogP contribution in [0.3, 0.4) is 0 Å². The van der Waals surface area contributed by atoms with E-state index in [2.05, 4.69) is 0 Å². The van der Waals surface area contributed by atoms with Crippen LogP contribution in [0.15, 0.2) is 42.5 Å². The first kappa shape index (κ1) is 12.2. The van der Waals surface area contributed by atoms with E-state index in [1.54, 1.807) is 6.07 Å². The van der Waals surface area contributed by atoms with Gasteiger partial charge in [0.25, 0.3) is 0 Å². The molecule has 0 saturated carbocycles. The van der Waals surface area contributed by atoms with Gasteiger partial charge in [0.05, 0.1) is 6.10 Å². The van der Waals surface area contributed by atoms with Crippen molar-refractivity contribution in [1.29, 1.82) is 0 Å². The van der Waals surface area contributed by atoms with Crippen molar-refractivity contribution in [3.63, 3.8) is 0 Å². The third kappa shape index (κ3) is 2.34. The fourth-order valence-corrected chi connectivity index (χ4v) is 2.49. The highest BCUT2D eigenvalue weighted by Gasteiger charge is 2.28. The van der Waals surface area contributed by atoms with Crippen LogP contribution in [0, 0.1) is 12.7 Å². The predicted molar refractivity (Wildman–Crippen MR) is 70.5 cm³/mol. The van der Waals surface area contributed by atoms with E-state index in [4.69, 9.17) is 4.74 Å². The molecule has 2 aromatic carbocycles. The molecule has 0 saturated heterocycles. The standard InChI is InChI=1S/C16H15FO2/c1-10-3-2-4-11(7-10)15-9-14(18)13-6-5-12(17)8-16(13)19-15/h2-8,14-15,18H,9H2,1H3. The van der Waals surface area contributed by atoms with Gasteiger partial charge in [-0.2, -0.15) is 0 Å². The van der Waals surface area contributed by atoms with Gasteiger partial charge in [-0.15, -0.1) is 0 Å². The maximum absolute atomic E-state index is 13.3. The van der Waals surface area contributed by atoms with Gasteiger partial charge in [0.2, 0.25) is 0 Å². The van der Waals surface area contributed by atoms with Crippen LogP contribution in [0.2, 0.25) is 0 Å². The quantitative estimate of drug-likeness (QED) is 0.845. The highest BCUT2D eigenvalue weighted by Crippen LogP contribution is 2.40. The number of hydrogen-bond donors (Lipinski definition) is 1. The van der Waals surface area contributed by atoms with Gasteiger partial charge in [0.15, 0.2) is 0 Å².